The average molecular weight is 434 g/mol. The summed E-state index contributed by atoms with van der Waals surface area (Å²) < 4.78 is 5.67. The third-order valence-corrected chi connectivity index (χ3v) is 4.95. The number of hydrogen-bond acceptors (Lipinski definition) is 9. The van der Waals surface area contributed by atoms with E-state index in [-0.39, 0.29) is 35.2 Å². The fourth-order valence-corrected chi connectivity index (χ4v) is 3.45. The standard InChI is InChI=1S/C20H24ClN5O4/c1-10(2)30-19-11(4-3-7-23-19)5-6-13-17(21)25-20(22)26-18(13)24-14-8-12(9-27)15(28)16(14)29/h3-4,7,10,12,14-16,27-29H,8-9H2,1-2H3,(H3,22,24,25,26)/t12-,14-,15-,16+/m1/s1. The minimum atomic E-state index is -1.10. The number of rotatable bonds is 5. The van der Waals surface area contributed by atoms with Crippen LogP contribution in [0, 0.1) is 17.8 Å². The van der Waals surface area contributed by atoms with Gasteiger partial charge in [0.05, 0.1) is 23.8 Å². The predicted octanol–water partition coefficient (Wildman–Crippen LogP) is 0.809. The molecule has 2 aromatic heterocycles. The molecule has 30 heavy (non-hydrogen) atoms. The second-order valence-corrected chi connectivity index (χ2v) is 7.64. The first-order chi connectivity index (χ1) is 14.3. The number of aromatic nitrogens is 3. The maximum absolute atomic E-state index is 10.3. The van der Waals surface area contributed by atoms with Gasteiger partial charge in [0.25, 0.3) is 0 Å². The van der Waals surface area contributed by atoms with E-state index in [4.69, 9.17) is 22.1 Å². The molecule has 2 heterocycles. The summed E-state index contributed by atoms with van der Waals surface area (Å²) in [5, 5.41) is 32.8. The molecule has 0 aliphatic heterocycles. The van der Waals surface area contributed by atoms with Gasteiger partial charge in [0.1, 0.15) is 17.5 Å². The van der Waals surface area contributed by atoms with Gasteiger partial charge in [-0.1, -0.05) is 23.4 Å². The minimum Gasteiger partial charge on any atom is -0.474 e. The van der Waals surface area contributed by atoms with Crippen molar-refractivity contribution in [3.63, 3.8) is 0 Å². The van der Waals surface area contributed by atoms with Crippen molar-refractivity contribution in [2.45, 2.75) is 44.6 Å². The first-order valence-corrected chi connectivity index (χ1v) is 9.88. The molecular weight excluding hydrogens is 410 g/mol. The highest BCUT2D eigenvalue weighted by molar-refractivity contribution is 6.31. The lowest BCUT2D eigenvalue weighted by molar-refractivity contribution is 0.00445. The van der Waals surface area contributed by atoms with Crippen molar-refractivity contribution in [3.05, 3.63) is 34.6 Å². The van der Waals surface area contributed by atoms with Crippen LogP contribution in [-0.2, 0) is 0 Å². The molecular formula is C20H24ClN5O4. The Kier molecular flexibility index (Phi) is 6.95. The van der Waals surface area contributed by atoms with E-state index in [1.165, 1.54) is 0 Å². The van der Waals surface area contributed by atoms with Crippen molar-refractivity contribution in [2.24, 2.45) is 5.92 Å². The van der Waals surface area contributed by atoms with Gasteiger partial charge in [-0.25, -0.2) is 4.98 Å². The monoisotopic (exact) mass is 433 g/mol. The van der Waals surface area contributed by atoms with Gasteiger partial charge in [0.15, 0.2) is 5.15 Å². The van der Waals surface area contributed by atoms with E-state index < -0.39 is 24.2 Å². The van der Waals surface area contributed by atoms with E-state index in [1.54, 1.807) is 18.3 Å². The predicted molar refractivity (Wildman–Crippen MR) is 112 cm³/mol. The number of halogens is 1. The molecule has 10 heteroatoms. The Labute approximate surface area is 179 Å². The first-order valence-electron chi connectivity index (χ1n) is 9.50. The van der Waals surface area contributed by atoms with E-state index in [0.29, 0.717) is 17.9 Å². The number of nitrogens with two attached hydrogens (primary N) is 1. The Morgan fingerprint density at radius 3 is 2.73 bits per heavy atom. The summed E-state index contributed by atoms with van der Waals surface area (Å²) >= 11 is 6.26. The van der Waals surface area contributed by atoms with Gasteiger partial charge in [0, 0.05) is 18.7 Å². The molecule has 0 unspecified atom stereocenters. The summed E-state index contributed by atoms with van der Waals surface area (Å²) in [6.45, 7) is 3.54. The topological polar surface area (TPSA) is 147 Å². The molecule has 0 aromatic carbocycles. The van der Waals surface area contributed by atoms with E-state index in [1.807, 2.05) is 13.8 Å². The highest BCUT2D eigenvalue weighted by Gasteiger charge is 2.41. The van der Waals surface area contributed by atoms with Gasteiger partial charge >= 0.3 is 0 Å². The zero-order valence-corrected chi connectivity index (χ0v) is 17.3. The number of aliphatic hydroxyl groups excluding tert-OH is 3. The number of pyridine rings is 1. The zero-order chi connectivity index (χ0) is 21.8. The summed E-state index contributed by atoms with van der Waals surface area (Å²) in [6.07, 6.45) is -0.275. The van der Waals surface area contributed by atoms with Crippen LogP contribution in [0.5, 0.6) is 5.88 Å². The molecule has 0 saturated heterocycles. The molecule has 9 nitrogen and oxygen atoms in total. The molecule has 1 aliphatic carbocycles. The summed E-state index contributed by atoms with van der Waals surface area (Å²) in [4.78, 5) is 12.3. The molecule has 6 N–H and O–H groups in total. The van der Waals surface area contributed by atoms with Crippen LogP contribution in [0.15, 0.2) is 18.3 Å². The molecule has 0 bridgehead atoms. The Morgan fingerprint density at radius 1 is 1.30 bits per heavy atom. The Bertz CT molecular complexity index is 962. The van der Waals surface area contributed by atoms with Gasteiger partial charge in [-0.15, -0.1) is 0 Å². The van der Waals surface area contributed by atoms with Crippen molar-refractivity contribution in [1.82, 2.24) is 15.0 Å². The highest BCUT2D eigenvalue weighted by atomic mass is 35.5. The summed E-state index contributed by atoms with van der Waals surface area (Å²) in [7, 11) is 0. The third-order valence-electron chi connectivity index (χ3n) is 4.68. The third kappa shape index (κ3) is 4.91. The molecule has 4 atom stereocenters. The zero-order valence-electron chi connectivity index (χ0n) is 16.6. The van der Waals surface area contributed by atoms with Crippen LogP contribution in [0.1, 0.15) is 31.4 Å². The molecule has 2 aromatic rings. The van der Waals surface area contributed by atoms with E-state index in [2.05, 4.69) is 32.1 Å². The van der Waals surface area contributed by atoms with Crippen LogP contribution in [0.25, 0.3) is 0 Å². The molecule has 1 saturated carbocycles. The van der Waals surface area contributed by atoms with Gasteiger partial charge in [-0.05, 0) is 32.4 Å². The van der Waals surface area contributed by atoms with Crippen LogP contribution >= 0.6 is 11.6 Å². The van der Waals surface area contributed by atoms with E-state index >= 15 is 0 Å². The number of nitrogens with zero attached hydrogens (tertiary/aromatic N) is 3. The average Bonchev–Trinajstić information content (AvgIpc) is 2.96. The Hall–Kier alpha value is -2.64. The fourth-order valence-electron chi connectivity index (χ4n) is 3.22. The lowest BCUT2D eigenvalue weighted by atomic mass is 10.1. The summed E-state index contributed by atoms with van der Waals surface area (Å²) in [6, 6.07) is 2.93. The molecule has 0 radical (unpaired) electrons. The van der Waals surface area contributed by atoms with E-state index in [9.17, 15) is 15.3 Å². The van der Waals surface area contributed by atoms with Crippen LogP contribution < -0.4 is 15.8 Å². The number of anilines is 2. The van der Waals surface area contributed by atoms with Crippen LogP contribution in [0.3, 0.4) is 0 Å². The largest absolute Gasteiger partial charge is 0.474 e. The van der Waals surface area contributed by atoms with E-state index in [0.717, 1.165) is 0 Å². The van der Waals surface area contributed by atoms with Crippen molar-refractivity contribution < 1.29 is 20.1 Å². The summed E-state index contributed by atoms with van der Waals surface area (Å²) in [5.41, 5.74) is 6.56. The van der Waals surface area contributed by atoms with Crippen LogP contribution in [0.4, 0.5) is 11.8 Å². The van der Waals surface area contributed by atoms with Crippen molar-refractivity contribution in [2.75, 3.05) is 17.7 Å². The van der Waals surface area contributed by atoms with Gasteiger partial charge in [-0.3, -0.25) is 0 Å². The minimum absolute atomic E-state index is 0.0412. The normalized spacial score (nSPS) is 23.2. The van der Waals surface area contributed by atoms with Crippen LogP contribution in [-0.4, -0.2) is 61.2 Å². The molecule has 1 fully saturated rings. The molecule has 160 valence electrons. The lowest BCUT2D eigenvalue weighted by Crippen LogP contribution is -2.35. The molecule has 0 amide bonds. The number of aliphatic hydroxyl groups is 3. The lowest BCUT2D eigenvalue weighted by Gasteiger charge is -2.19. The number of nitrogens with one attached hydrogen (secondary N) is 1. The maximum atomic E-state index is 10.3. The van der Waals surface area contributed by atoms with Crippen molar-refractivity contribution in [3.8, 4) is 17.7 Å². The van der Waals surface area contributed by atoms with Crippen molar-refractivity contribution >= 4 is 23.4 Å². The Balaban J connectivity index is 1.94. The van der Waals surface area contributed by atoms with Gasteiger partial charge < -0.3 is 31.1 Å². The molecule has 0 spiro atoms. The SMILES string of the molecule is CC(C)Oc1ncccc1C#Cc1c(Cl)nc(N)nc1N[C@@H]1C[C@H](CO)[C@@H](O)[C@H]1O. The Morgan fingerprint density at radius 2 is 2.07 bits per heavy atom. The smallest absolute Gasteiger partial charge is 0.229 e. The molecule has 3 rings (SSSR count). The van der Waals surface area contributed by atoms with Crippen LogP contribution in [0.2, 0.25) is 5.15 Å². The highest BCUT2D eigenvalue weighted by Crippen LogP contribution is 2.30. The molecule has 1 aliphatic rings. The number of nitrogen functional groups attached to an aromatic ring is 1. The maximum Gasteiger partial charge on any atom is 0.229 e. The van der Waals surface area contributed by atoms with Gasteiger partial charge in [0.2, 0.25) is 11.8 Å². The van der Waals surface area contributed by atoms with Crippen molar-refractivity contribution in [1.29, 1.82) is 0 Å². The first kappa shape index (κ1) is 22.1. The quantitative estimate of drug-likeness (QED) is 0.341. The number of ether oxygens (including phenoxy) is 1. The van der Waals surface area contributed by atoms with Gasteiger partial charge in [-0.2, -0.15) is 9.97 Å². The summed E-state index contributed by atoms with van der Waals surface area (Å²) in [5.74, 6) is 5.99. The second-order valence-electron chi connectivity index (χ2n) is 7.28. The fraction of sp³-hybridized carbons (Fsp3) is 0.450. The number of hydrogen-bond donors (Lipinski definition) is 5. The second kappa shape index (κ2) is 9.45.